The number of hydrogen-bond donors (Lipinski definition) is 0. The van der Waals surface area contributed by atoms with E-state index in [1.165, 1.54) is 6.07 Å². The fraction of sp³-hybridized carbons (Fsp3) is 0.429. The SMILES string of the molecule is CN1[C@@H]2C=C[C@H]1C[C@H](Oc1ccc(F)c(Cl)c1)C2. The number of halogens is 2. The summed E-state index contributed by atoms with van der Waals surface area (Å²) in [6.45, 7) is 0. The van der Waals surface area contributed by atoms with Gasteiger partial charge in [-0.3, -0.25) is 4.90 Å². The molecule has 1 aromatic carbocycles. The van der Waals surface area contributed by atoms with Crippen molar-refractivity contribution in [2.75, 3.05) is 7.05 Å². The lowest BCUT2D eigenvalue weighted by atomic mass is 9.99. The second-order valence-corrected chi connectivity index (χ2v) is 5.38. The van der Waals surface area contributed by atoms with Crippen molar-refractivity contribution in [2.24, 2.45) is 0 Å². The summed E-state index contributed by atoms with van der Waals surface area (Å²) in [7, 11) is 2.14. The predicted octanol–water partition coefficient (Wildman–Crippen LogP) is 3.26. The standard InChI is InChI=1S/C14H15ClFNO/c1-17-9-2-3-10(17)7-12(6-9)18-11-4-5-14(16)13(15)8-11/h2-5,8-10,12H,6-7H2,1H3/t9-,10+,12-. The van der Waals surface area contributed by atoms with E-state index in [9.17, 15) is 4.39 Å². The van der Waals surface area contributed by atoms with Gasteiger partial charge in [0.1, 0.15) is 17.7 Å². The summed E-state index contributed by atoms with van der Waals surface area (Å²) in [5, 5.41) is 0.113. The minimum Gasteiger partial charge on any atom is -0.490 e. The van der Waals surface area contributed by atoms with E-state index >= 15 is 0 Å². The Labute approximate surface area is 111 Å². The lowest BCUT2D eigenvalue weighted by Crippen LogP contribution is -2.44. The van der Waals surface area contributed by atoms with Crippen LogP contribution in [0.15, 0.2) is 30.4 Å². The maximum atomic E-state index is 13.1. The molecule has 2 nitrogen and oxygen atoms in total. The normalized spacial score (nSPS) is 30.7. The minimum atomic E-state index is -0.408. The highest BCUT2D eigenvalue weighted by Crippen LogP contribution is 2.32. The molecule has 0 radical (unpaired) electrons. The zero-order chi connectivity index (χ0) is 12.7. The average molecular weight is 268 g/mol. The van der Waals surface area contributed by atoms with Gasteiger partial charge < -0.3 is 4.74 Å². The molecule has 4 heteroatoms. The van der Waals surface area contributed by atoms with Crippen LogP contribution in [0.3, 0.4) is 0 Å². The van der Waals surface area contributed by atoms with Crippen LogP contribution in [0.4, 0.5) is 4.39 Å². The highest BCUT2D eigenvalue weighted by atomic mass is 35.5. The third kappa shape index (κ3) is 2.13. The van der Waals surface area contributed by atoms with Gasteiger partial charge in [-0.15, -0.1) is 0 Å². The summed E-state index contributed by atoms with van der Waals surface area (Å²) in [6.07, 6.45) is 6.60. The maximum Gasteiger partial charge on any atom is 0.142 e. The molecule has 0 saturated carbocycles. The molecule has 2 heterocycles. The summed E-state index contributed by atoms with van der Waals surface area (Å²) in [4.78, 5) is 2.36. The van der Waals surface area contributed by atoms with Crippen molar-refractivity contribution in [3.8, 4) is 5.75 Å². The van der Waals surface area contributed by atoms with Gasteiger partial charge in [0, 0.05) is 31.0 Å². The zero-order valence-corrected chi connectivity index (χ0v) is 10.9. The molecule has 1 fully saturated rings. The first-order valence-electron chi connectivity index (χ1n) is 6.15. The third-order valence-corrected chi connectivity index (χ3v) is 4.09. The van der Waals surface area contributed by atoms with E-state index < -0.39 is 5.82 Å². The molecule has 0 spiro atoms. The van der Waals surface area contributed by atoms with Crippen LogP contribution in [-0.4, -0.2) is 30.1 Å². The number of benzene rings is 1. The van der Waals surface area contributed by atoms with Crippen LogP contribution in [0.2, 0.25) is 5.02 Å². The second kappa shape index (κ2) is 4.56. The number of ether oxygens (including phenoxy) is 1. The number of likely N-dealkylation sites (N-methyl/N-ethyl adjacent to an activating group) is 1. The lowest BCUT2D eigenvalue weighted by Gasteiger charge is -2.36. The van der Waals surface area contributed by atoms with E-state index in [1.807, 2.05) is 0 Å². The fourth-order valence-electron chi connectivity index (χ4n) is 2.74. The van der Waals surface area contributed by atoms with Gasteiger partial charge in [-0.2, -0.15) is 0 Å². The van der Waals surface area contributed by atoms with Gasteiger partial charge in [0.15, 0.2) is 0 Å². The zero-order valence-electron chi connectivity index (χ0n) is 10.1. The third-order valence-electron chi connectivity index (χ3n) is 3.80. The summed E-state index contributed by atoms with van der Waals surface area (Å²) in [5.41, 5.74) is 0. The molecular formula is C14H15ClFNO. The molecule has 0 aliphatic carbocycles. The highest BCUT2D eigenvalue weighted by molar-refractivity contribution is 6.30. The van der Waals surface area contributed by atoms with Gasteiger partial charge in [0.05, 0.1) is 5.02 Å². The number of rotatable bonds is 2. The molecule has 2 aliphatic rings. The molecule has 3 atom stereocenters. The van der Waals surface area contributed by atoms with E-state index in [4.69, 9.17) is 16.3 Å². The molecule has 0 N–H and O–H groups in total. The number of fused-ring (bicyclic) bond motifs is 2. The van der Waals surface area contributed by atoms with E-state index in [1.54, 1.807) is 12.1 Å². The van der Waals surface area contributed by atoms with Gasteiger partial charge in [0.25, 0.3) is 0 Å². The van der Waals surface area contributed by atoms with Crippen LogP contribution >= 0.6 is 11.6 Å². The molecule has 1 saturated heterocycles. The van der Waals surface area contributed by atoms with Crippen LogP contribution in [0.25, 0.3) is 0 Å². The smallest absolute Gasteiger partial charge is 0.142 e. The van der Waals surface area contributed by atoms with Gasteiger partial charge >= 0.3 is 0 Å². The molecular weight excluding hydrogens is 253 g/mol. The van der Waals surface area contributed by atoms with E-state index in [0.717, 1.165) is 12.8 Å². The predicted molar refractivity (Wildman–Crippen MR) is 69.5 cm³/mol. The van der Waals surface area contributed by atoms with Crippen molar-refractivity contribution in [3.05, 3.63) is 41.2 Å². The van der Waals surface area contributed by atoms with Gasteiger partial charge in [0.2, 0.25) is 0 Å². The van der Waals surface area contributed by atoms with Crippen molar-refractivity contribution in [1.82, 2.24) is 4.90 Å². The number of nitrogens with zero attached hydrogens (tertiary/aromatic N) is 1. The van der Waals surface area contributed by atoms with Crippen LogP contribution in [0, 0.1) is 5.82 Å². The fourth-order valence-corrected chi connectivity index (χ4v) is 2.91. The largest absolute Gasteiger partial charge is 0.490 e. The van der Waals surface area contributed by atoms with Crippen molar-refractivity contribution in [2.45, 2.75) is 31.0 Å². The Balaban J connectivity index is 1.69. The Bertz CT molecular complexity index is 475. The van der Waals surface area contributed by atoms with E-state index in [-0.39, 0.29) is 11.1 Å². The quantitative estimate of drug-likeness (QED) is 0.763. The molecule has 0 unspecified atom stereocenters. The summed E-state index contributed by atoms with van der Waals surface area (Å²) < 4.78 is 19.0. The van der Waals surface area contributed by atoms with Crippen molar-refractivity contribution in [3.63, 3.8) is 0 Å². The first-order chi connectivity index (χ1) is 8.63. The van der Waals surface area contributed by atoms with Crippen molar-refractivity contribution >= 4 is 11.6 Å². The Kier molecular flexibility index (Phi) is 3.04. The van der Waals surface area contributed by atoms with Crippen LogP contribution < -0.4 is 4.74 Å². The van der Waals surface area contributed by atoms with Crippen molar-refractivity contribution < 1.29 is 9.13 Å². The monoisotopic (exact) mass is 267 g/mol. The Morgan fingerprint density at radius 2 is 1.94 bits per heavy atom. The minimum absolute atomic E-state index is 0.113. The summed E-state index contributed by atoms with van der Waals surface area (Å²) >= 11 is 5.75. The molecule has 0 aromatic heterocycles. The molecule has 96 valence electrons. The highest BCUT2D eigenvalue weighted by Gasteiger charge is 2.35. The van der Waals surface area contributed by atoms with Crippen LogP contribution in [0.5, 0.6) is 5.75 Å². The molecule has 2 bridgehead atoms. The maximum absolute atomic E-state index is 13.1. The summed E-state index contributed by atoms with van der Waals surface area (Å²) in [5.74, 6) is 0.240. The second-order valence-electron chi connectivity index (χ2n) is 4.97. The molecule has 3 rings (SSSR count). The summed E-state index contributed by atoms with van der Waals surface area (Å²) in [6, 6.07) is 5.45. The average Bonchev–Trinajstić information content (AvgIpc) is 2.58. The van der Waals surface area contributed by atoms with E-state index in [0.29, 0.717) is 17.8 Å². The molecule has 0 amide bonds. The topological polar surface area (TPSA) is 12.5 Å². The van der Waals surface area contributed by atoms with E-state index in [2.05, 4.69) is 24.1 Å². The Hall–Kier alpha value is -1.06. The van der Waals surface area contributed by atoms with Gasteiger partial charge in [-0.1, -0.05) is 23.8 Å². The van der Waals surface area contributed by atoms with Crippen molar-refractivity contribution in [1.29, 1.82) is 0 Å². The van der Waals surface area contributed by atoms with Gasteiger partial charge in [-0.05, 0) is 19.2 Å². The Morgan fingerprint density at radius 1 is 1.28 bits per heavy atom. The number of piperidine rings is 1. The van der Waals surface area contributed by atoms with Gasteiger partial charge in [-0.25, -0.2) is 4.39 Å². The molecule has 2 aliphatic heterocycles. The van der Waals surface area contributed by atoms with Crippen LogP contribution in [0.1, 0.15) is 12.8 Å². The number of hydrogen-bond acceptors (Lipinski definition) is 2. The van der Waals surface area contributed by atoms with Crippen LogP contribution in [-0.2, 0) is 0 Å². The first kappa shape index (κ1) is 12.0. The lowest BCUT2D eigenvalue weighted by molar-refractivity contribution is 0.0751. The molecule has 1 aromatic rings. The first-order valence-corrected chi connectivity index (χ1v) is 6.53. The Morgan fingerprint density at radius 3 is 2.56 bits per heavy atom. The molecule has 18 heavy (non-hydrogen) atoms.